The van der Waals surface area contributed by atoms with Crippen LogP contribution in [0.3, 0.4) is 0 Å². The van der Waals surface area contributed by atoms with E-state index in [0.717, 1.165) is 5.56 Å². The first kappa shape index (κ1) is 17.2. The Balaban J connectivity index is 1.61. The number of hydrogen-bond donors (Lipinski definition) is 1. The standard InChI is InChI=1S/C20H20N4O3/c1-14-16(17-21-10-5-11-24(17)22-14)18(25)23-12-8-20(9-13-23,19(26)27)15-6-3-2-4-7-15/h2-7,10-11H,8-9,12-13H2,1H3,(H,26,27). The zero-order valence-electron chi connectivity index (χ0n) is 15.0. The minimum atomic E-state index is -0.952. The number of hydrogen-bond acceptors (Lipinski definition) is 4. The number of aromatic nitrogens is 3. The van der Waals surface area contributed by atoms with Crippen molar-refractivity contribution >= 4 is 17.5 Å². The molecule has 7 heteroatoms. The number of benzene rings is 1. The minimum absolute atomic E-state index is 0.145. The van der Waals surface area contributed by atoms with Crippen LogP contribution >= 0.6 is 0 Å². The van der Waals surface area contributed by atoms with Crippen molar-refractivity contribution in [3.8, 4) is 0 Å². The van der Waals surface area contributed by atoms with Gasteiger partial charge in [-0.2, -0.15) is 5.10 Å². The third-order valence-electron chi connectivity index (χ3n) is 5.42. The lowest BCUT2D eigenvalue weighted by Gasteiger charge is -2.39. The number of fused-ring (bicyclic) bond motifs is 1. The number of rotatable bonds is 3. The molecule has 3 aromatic rings. The van der Waals surface area contributed by atoms with Gasteiger partial charge in [-0.05, 0) is 31.4 Å². The van der Waals surface area contributed by atoms with Gasteiger partial charge in [-0.25, -0.2) is 9.50 Å². The molecule has 1 aliphatic rings. The van der Waals surface area contributed by atoms with Crippen LogP contribution in [0, 0.1) is 6.92 Å². The Hall–Kier alpha value is -3.22. The molecule has 138 valence electrons. The van der Waals surface area contributed by atoms with Crippen LogP contribution in [0.2, 0.25) is 0 Å². The summed E-state index contributed by atoms with van der Waals surface area (Å²) in [7, 11) is 0. The Morgan fingerprint density at radius 1 is 1.11 bits per heavy atom. The van der Waals surface area contributed by atoms with Gasteiger partial charge in [0.15, 0.2) is 5.65 Å². The average molecular weight is 364 g/mol. The van der Waals surface area contributed by atoms with Crippen LogP contribution in [0.5, 0.6) is 0 Å². The van der Waals surface area contributed by atoms with Crippen molar-refractivity contribution in [2.24, 2.45) is 0 Å². The molecule has 1 aromatic carbocycles. The Morgan fingerprint density at radius 3 is 2.48 bits per heavy atom. The van der Waals surface area contributed by atoms with Crippen LogP contribution in [-0.4, -0.2) is 49.6 Å². The van der Waals surface area contributed by atoms with Crippen LogP contribution in [0.25, 0.3) is 5.65 Å². The monoisotopic (exact) mass is 364 g/mol. The van der Waals surface area contributed by atoms with E-state index < -0.39 is 11.4 Å². The molecule has 0 spiro atoms. The van der Waals surface area contributed by atoms with Gasteiger partial charge in [-0.15, -0.1) is 0 Å². The highest BCUT2D eigenvalue weighted by Gasteiger charge is 2.44. The van der Waals surface area contributed by atoms with E-state index in [1.807, 2.05) is 30.3 Å². The second kappa shape index (κ2) is 6.50. The summed E-state index contributed by atoms with van der Waals surface area (Å²) >= 11 is 0. The summed E-state index contributed by atoms with van der Waals surface area (Å²) < 4.78 is 1.60. The van der Waals surface area contributed by atoms with E-state index in [1.54, 1.807) is 34.8 Å². The maximum absolute atomic E-state index is 13.1. The maximum atomic E-state index is 13.1. The van der Waals surface area contributed by atoms with E-state index >= 15 is 0 Å². The maximum Gasteiger partial charge on any atom is 0.314 e. The molecule has 0 bridgehead atoms. The molecule has 1 aliphatic heterocycles. The van der Waals surface area contributed by atoms with E-state index in [9.17, 15) is 14.7 Å². The summed E-state index contributed by atoms with van der Waals surface area (Å²) in [5.74, 6) is -0.983. The number of aryl methyl sites for hydroxylation is 1. The number of carbonyl (C=O) groups excluding carboxylic acids is 1. The molecule has 1 N–H and O–H groups in total. The minimum Gasteiger partial charge on any atom is -0.481 e. The molecule has 3 heterocycles. The quantitative estimate of drug-likeness (QED) is 0.770. The molecule has 7 nitrogen and oxygen atoms in total. The molecule has 4 rings (SSSR count). The van der Waals surface area contributed by atoms with E-state index in [2.05, 4.69) is 10.1 Å². The van der Waals surface area contributed by atoms with Crippen LogP contribution in [-0.2, 0) is 10.2 Å². The molecule has 1 amide bonds. The Morgan fingerprint density at radius 2 is 1.81 bits per heavy atom. The van der Waals surface area contributed by atoms with Gasteiger partial charge in [0.1, 0.15) is 5.56 Å². The first-order valence-corrected chi connectivity index (χ1v) is 8.91. The Bertz CT molecular complexity index is 1000. The van der Waals surface area contributed by atoms with Gasteiger partial charge in [-0.3, -0.25) is 9.59 Å². The zero-order chi connectivity index (χ0) is 19.0. The highest BCUT2D eigenvalue weighted by molar-refractivity contribution is 6.01. The summed E-state index contributed by atoms with van der Waals surface area (Å²) in [6.07, 6.45) is 4.15. The molecular formula is C20H20N4O3. The lowest BCUT2D eigenvalue weighted by molar-refractivity contribution is -0.145. The summed E-state index contributed by atoms with van der Waals surface area (Å²) in [5, 5.41) is 14.3. The fourth-order valence-electron chi connectivity index (χ4n) is 3.88. The van der Waals surface area contributed by atoms with Crippen LogP contribution in [0.15, 0.2) is 48.8 Å². The van der Waals surface area contributed by atoms with Gasteiger partial charge in [0.2, 0.25) is 0 Å². The molecule has 1 saturated heterocycles. The van der Waals surface area contributed by atoms with E-state index in [0.29, 0.717) is 42.8 Å². The van der Waals surface area contributed by atoms with Crippen LogP contribution < -0.4 is 0 Å². The highest BCUT2D eigenvalue weighted by Crippen LogP contribution is 2.36. The summed E-state index contributed by atoms with van der Waals surface area (Å²) in [5.41, 5.74) is 1.47. The molecule has 0 unspecified atom stereocenters. The molecule has 27 heavy (non-hydrogen) atoms. The molecule has 1 fully saturated rings. The van der Waals surface area contributed by atoms with Crippen molar-refractivity contribution < 1.29 is 14.7 Å². The average Bonchev–Trinajstić information content (AvgIpc) is 3.03. The van der Waals surface area contributed by atoms with Crippen LogP contribution in [0.4, 0.5) is 0 Å². The second-order valence-electron chi connectivity index (χ2n) is 6.89. The number of carboxylic acid groups (broad SMARTS) is 1. The second-order valence-corrected chi connectivity index (χ2v) is 6.89. The summed E-state index contributed by atoms with van der Waals surface area (Å²) in [4.78, 5) is 31.2. The van der Waals surface area contributed by atoms with Crippen molar-refractivity contribution in [1.29, 1.82) is 0 Å². The number of amides is 1. The first-order valence-electron chi connectivity index (χ1n) is 8.91. The molecule has 0 aliphatic carbocycles. The van der Waals surface area contributed by atoms with Gasteiger partial charge >= 0.3 is 5.97 Å². The van der Waals surface area contributed by atoms with E-state index in [1.165, 1.54) is 0 Å². The zero-order valence-corrected chi connectivity index (χ0v) is 15.0. The number of carbonyl (C=O) groups is 2. The molecule has 0 radical (unpaired) electrons. The predicted octanol–water partition coefficient (Wildman–Crippen LogP) is 2.30. The van der Waals surface area contributed by atoms with Crippen molar-refractivity contribution in [2.75, 3.05) is 13.1 Å². The number of carboxylic acids is 1. The Labute approximate surface area is 156 Å². The number of likely N-dealkylation sites (tertiary alicyclic amines) is 1. The largest absolute Gasteiger partial charge is 0.481 e. The van der Waals surface area contributed by atoms with Crippen molar-refractivity contribution in [3.05, 3.63) is 65.6 Å². The lowest BCUT2D eigenvalue weighted by Crippen LogP contribution is -2.49. The van der Waals surface area contributed by atoms with Crippen molar-refractivity contribution in [2.45, 2.75) is 25.2 Å². The molecule has 0 atom stereocenters. The predicted molar refractivity (Wildman–Crippen MR) is 98.6 cm³/mol. The third-order valence-corrected chi connectivity index (χ3v) is 5.42. The molecule has 2 aromatic heterocycles. The van der Waals surface area contributed by atoms with E-state index in [4.69, 9.17) is 0 Å². The number of piperidine rings is 1. The number of aliphatic carboxylic acids is 1. The van der Waals surface area contributed by atoms with E-state index in [-0.39, 0.29) is 5.91 Å². The van der Waals surface area contributed by atoms with Gasteiger partial charge in [-0.1, -0.05) is 30.3 Å². The normalized spacial score (nSPS) is 16.4. The fourth-order valence-corrected chi connectivity index (χ4v) is 3.88. The third kappa shape index (κ3) is 2.75. The van der Waals surface area contributed by atoms with Crippen molar-refractivity contribution in [3.63, 3.8) is 0 Å². The summed E-state index contributed by atoms with van der Waals surface area (Å²) in [6, 6.07) is 11.0. The lowest BCUT2D eigenvalue weighted by atomic mass is 9.72. The van der Waals surface area contributed by atoms with Gasteiger partial charge in [0.05, 0.1) is 11.1 Å². The molecular weight excluding hydrogens is 344 g/mol. The van der Waals surface area contributed by atoms with Gasteiger partial charge < -0.3 is 10.0 Å². The smallest absolute Gasteiger partial charge is 0.314 e. The summed E-state index contributed by atoms with van der Waals surface area (Å²) in [6.45, 7) is 2.55. The fraction of sp³-hybridized carbons (Fsp3) is 0.300. The van der Waals surface area contributed by atoms with Gasteiger partial charge in [0.25, 0.3) is 5.91 Å². The first-order chi connectivity index (χ1) is 13.0. The van der Waals surface area contributed by atoms with Crippen molar-refractivity contribution in [1.82, 2.24) is 19.5 Å². The number of nitrogens with zero attached hydrogens (tertiary/aromatic N) is 4. The highest BCUT2D eigenvalue weighted by atomic mass is 16.4. The topological polar surface area (TPSA) is 87.8 Å². The Kier molecular flexibility index (Phi) is 4.14. The van der Waals surface area contributed by atoms with Crippen LogP contribution in [0.1, 0.15) is 34.5 Å². The SMILES string of the molecule is Cc1nn2cccnc2c1C(=O)N1CCC(C(=O)O)(c2ccccc2)CC1. The molecule has 0 saturated carbocycles. The van der Waals surface area contributed by atoms with Gasteiger partial charge in [0, 0.05) is 25.5 Å².